The zero-order valence-corrected chi connectivity index (χ0v) is 17.2. The van der Waals surface area contributed by atoms with Crippen LogP contribution in [0, 0.1) is 6.92 Å². The van der Waals surface area contributed by atoms with Gasteiger partial charge in [0.2, 0.25) is 11.6 Å². The molecule has 3 aromatic rings. The Labute approximate surface area is 178 Å². The summed E-state index contributed by atoms with van der Waals surface area (Å²) in [5.41, 5.74) is 2.88. The second kappa shape index (κ2) is 7.95. The second-order valence-corrected chi connectivity index (χ2v) is 7.79. The molecule has 0 N–H and O–H groups in total. The molecule has 1 aliphatic carbocycles. The first-order valence-electron chi connectivity index (χ1n) is 10.3. The molecule has 10 heteroatoms. The van der Waals surface area contributed by atoms with Crippen LogP contribution in [0.4, 0.5) is 5.69 Å². The van der Waals surface area contributed by atoms with E-state index in [1.807, 2.05) is 13.1 Å². The smallest absolute Gasteiger partial charge is 0.234 e. The maximum atomic E-state index is 12.8. The largest absolute Gasteiger partial charge is 0.369 e. The number of pyridine rings is 1. The first-order valence-corrected chi connectivity index (χ1v) is 10.3. The molecule has 5 rings (SSSR count). The number of carbonyl (C=O) groups excluding carboxylic acids is 2. The van der Waals surface area contributed by atoms with E-state index in [4.69, 9.17) is 0 Å². The summed E-state index contributed by atoms with van der Waals surface area (Å²) in [5.74, 6) is -0.669. The fourth-order valence-electron chi connectivity index (χ4n) is 4.16. The summed E-state index contributed by atoms with van der Waals surface area (Å²) in [7, 11) is 0. The van der Waals surface area contributed by atoms with E-state index >= 15 is 0 Å². The zero-order valence-electron chi connectivity index (χ0n) is 17.2. The molecule has 0 radical (unpaired) electrons. The summed E-state index contributed by atoms with van der Waals surface area (Å²) in [4.78, 5) is 42.3. The van der Waals surface area contributed by atoms with Gasteiger partial charge in [-0.25, -0.2) is 14.6 Å². The van der Waals surface area contributed by atoms with Gasteiger partial charge in [0.15, 0.2) is 5.69 Å². The van der Waals surface area contributed by atoms with Crippen LogP contribution in [0.5, 0.6) is 0 Å². The van der Waals surface area contributed by atoms with Gasteiger partial charge in [0.1, 0.15) is 17.7 Å². The molecule has 4 heterocycles. The first kappa shape index (κ1) is 19.4. The molecule has 1 saturated heterocycles. The third-order valence-electron chi connectivity index (χ3n) is 5.80. The highest BCUT2D eigenvalue weighted by molar-refractivity contribution is 6.26. The van der Waals surface area contributed by atoms with E-state index in [1.165, 1.54) is 18.2 Å². The Bertz CT molecular complexity index is 1150. The fourth-order valence-corrected chi connectivity index (χ4v) is 4.16. The number of hydrogen-bond acceptors (Lipinski definition) is 9. The van der Waals surface area contributed by atoms with Crippen molar-refractivity contribution in [3.8, 4) is 0 Å². The molecule has 1 aliphatic heterocycles. The summed E-state index contributed by atoms with van der Waals surface area (Å²) < 4.78 is 1.54. The minimum Gasteiger partial charge on any atom is -0.369 e. The summed E-state index contributed by atoms with van der Waals surface area (Å²) >= 11 is 0. The monoisotopic (exact) mass is 418 g/mol. The molecule has 31 heavy (non-hydrogen) atoms. The molecule has 0 atom stereocenters. The van der Waals surface area contributed by atoms with Crippen LogP contribution in [0.25, 0.3) is 0 Å². The average Bonchev–Trinajstić information content (AvgIpc) is 3.22. The van der Waals surface area contributed by atoms with Gasteiger partial charge in [0, 0.05) is 63.0 Å². The predicted octanol–water partition coefficient (Wildman–Crippen LogP) is 0.759. The average molecular weight is 418 g/mol. The Morgan fingerprint density at radius 2 is 1.84 bits per heavy atom. The van der Waals surface area contributed by atoms with Crippen LogP contribution >= 0.6 is 0 Å². The second-order valence-electron chi connectivity index (χ2n) is 7.79. The lowest BCUT2D eigenvalue weighted by molar-refractivity contribution is 0.0966. The molecule has 0 unspecified atom stereocenters. The highest BCUT2D eigenvalue weighted by Crippen LogP contribution is 2.24. The van der Waals surface area contributed by atoms with Gasteiger partial charge in [0.05, 0.1) is 5.56 Å². The Morgan fingerprint density at radius 3 is 2.65 bits per heavy atom. The molecule has 0 aromatic carbocycles. The minimum absolute atomic E-state index is 0.0810. The van der Waals surface area contributed by atoms with Crippen molar-refractivity contribution in [1.29, 1.82) is 0 Å². The maximum Gasteiger partial charge on any atom is 0.234 e. The highest BCUT2D eigenvalue weighted by atomic mass is 16.1. The minimum atomic E-state index is -0.374. The zero-order chi connectivity index (χ0) is 21.4. The molecule has 158 valence electrons. The summed E-state index contributed by atoms with van der Waals surface area (Å²) in [6.07, 6.45) is 5.30. The molecule has 10 nitrogen and oxygen atoms in total. The van der Waals surface area contributed by atoms with E-state index in [0.717, 1.165) is 44.8 Å². The van der Waals surface area contributed by atoms with Gasteiger partial charge in [0.25, 0.3) is 0 Å². The Hall–Kier alpha value is -3.53. The topological polar surface area (TPSA) is 110 Å². The number of anilines is 1. The summed E-state index contributed by atoms with van der Waals surface area (Å²) in [6, 6.07) is 4.17. The molecule has 1 fully saturated rings. The van der Waals surface area contributed by atoms with E-state index in [9.17, 15) is 9.59 Å². The van der Waals surface area contributed by atoms with E-state index in [2.05, 4.69) is 47.2 Å². The fraction of sp³-hybridized carbons (Fsp3) is 0.381. The van der Waals surface area contributed by atoms with Crippen molar-refractivity contribution < 1.29 is 9.59 Å². The third-order valence-corrected chi connectivity index (χ3v) is 5.80. The SMILES string of the molecule is Cc1cc(N2CCN(CCCn3nnc4c3C(=O)c3cncnc3C4=O)CC2)ccn1. The van der Waals surface area contributed by atoms with Crippen molar-refractivity contribution in [3.05, 3.63) is 59.2 Å². The quantitative estimate of drug-likeness (QED) is 0.464. The molecule has 0 bridgehead atoms. The van der Waals surface area contributed by atoms with Gasteiger partial charge in [-0.3, -0.25) is 19.5 Å². The lowest BCUT2D eigenvalue weighted by Crippen LogP contribution is -2.46. The number of aromatic nitrogens is 6. The van der Waals surface area contributed by atoms with Gasteiger partial charge < -0.3 is 4.90 Å². The van der Waals surface area contributed by atoms with Gasteiger partial charge in [-0.05, 0) is 25.5 Å². The van der Waals surface area contributed by atoms with Crippen LogP contribution in [0.2, 0.25) is 0 Å². The number of ketones is 2. The number of fused-ring (bicyclic) bond motifs is 2. The number of nitrogens with zero attached hydrogens (tertiary/aromatic N) is 8. The standard InChI is InChI=1S/C21H22N8O2/c1-14-11-15(3-4-23-14)28-9-7-27(8-10-28)5-2-6-29-19-18(25-26-29)21(31)17-16(20(19)30)12-22-13-24-17/h3-4,11-13H,2,5-10H2,1H3. The molecular formula is C21H22N8O2. The van der Waals surface area contributed by atoms with Crippen molar-refractivity contribution in [2.45, 2.75) is 19.9 Å². The van der Waals surface area contributed by atoms with Crippen molar-refractivity contribution in [1.82, 2.24) is 34.8 Å². The molecular weight excluding hydrogens is 396 g/mol. The predicted molar refractivity (Wildman–Crippen MR) is 111 cm³/mol. The third kappa shape index (κ3) is 3.59. The van der Waals surface area contributed by atoms with E-state index in [-0.39, 0.29) is 34.2 Å². The van der Waals surface area contributed by atoms with Crippen LogP contribution in [0.3, 0.4) is 0 Å². The van der Waals surface area contributed by atoms with Crippen LogP contribution < -0.4 is 4.90 Å². The van der Waals surface area contributed by atoms with Gasteiger partial charge in [-0.15, -0.1) is 5.10 Å². The maximum absolute atomic E-state index is 12.8. The van der Waals surface area contributed by atoms with Crippen LogP contribution in [-0.2, 0) is 6.54 Å². The van der Waals surface area contributed by atoms with Crippen LogP contribution in [0.1, 0.15) is 44.3 Å². The number of aryl methyl sites for hydroxylation is 2. The van der Waals surface area contributed by atoms with Gasteiger partial charge in [-0.1, -0.05) is 5.21 Å². The molecule has 2 aliphatic rings. The van der Waals surface area contributed by atoms with E-state index in [1.54, 1.807) is 4.68 Å². The number of carbonyl (C=O) groups is 2. The normalized spacial score (nSPS) is 16.4. The molecule has 0 spiro atoms. The first-order chi connectivity index (χ1) is 15.1. The number of piperazine rings is 1. The highest BCUT2D eigenvalue weighted by Gasteiger charge is 2.36. The van der Waals surface area contributed by atoms with Crippen molar-refractivity contribution in [2.75, 3.05) is 37.6 Å². The Balaban J connectivity index is 1.19. The van der Waals surface area contributed by atoms with Crippen LogP contribution in [0.15, 0.2) is 30.9 Å². The Kier molecular flexibility index (Phi) is 4.99. The molecule has 0 saturated carbocycles. The number of hydrogen-bond donors (Lipinski definition) is 0. The van der Waals surface area contributed by atoms with Crippen molar-refractivity contribution >= 4 is 17.3 Å². The van der Waals surface area contributed by atoms with Crippen LogP contribution in [-0.4, -0.2) is 79.1 Å². The summed E-state index contributed by atoms with van der Waals surface area (Å²) in [5, 5.41) is 8.03. The van der Waals surface area contributed by atoms with E-state index in [0.29, 0.717) is 6.54 Å². The summed E-state index contributed by atoms with van der Waals surface area (Å²) in [6.45, 7) is 7.29. The molecule has 0 amide bonds. The molecule has 3 aromatic heterocycles. The lowest BCUT2D eigenvalue weighted by atomic mass is 9.95. The Morgan fingerprint density at radius 1 is 1.00 bits per heavy atom. The van der Waals surface area contributed by atoms with Gasteiger partial charge >= 0.3 is 0 Å². The van der Waals surface area contributed by atoms with Gasteiger partial charge in [-0.2, -0.15) is 0 Å². The van der Waals surface area contributed by atoms with E-state index < -0.39 is 0 Å². The lowest BCUT2D eigenvalue weighted by Gasteiger charge is -2.36. The number of rotatable bonds is 5. The van der Waals surface area contributed by atoms with Crippen molar-refractivity contribution in [3.63, 3.8) is 0 Å². The van der Waals surface area contributed by atoms with Crippen molar-refractivity contribution in [2.24, 2.45) is 0 Å².